The highest BCUT2D eigenvalue weighted by Crippen LogP contribution is 2.10. The number of thiophene rings is 1. The summed E-state index contributed by atoms with van der Waals surface area (Å²) in [5.41, 5.74) is 0. The van der Waals surface area contributed by atoms with Gasteiger partial charge in [0, 0.05) is 17.5 Å². The summed E-state index contributed by atoms with van der Waals surface area (Å²) < 4.78 is 10.7. The standard InChI is InChI=1S/C15H27NO3S/c1-12(2)19-7-6-18-11-14(17)10-16-13(3)9-15-5-4-8-20-15/h4-5,8,12-14,16-17H,6-7,9-11H2,1-3H3. The Kier molecular flexibility index (Phi) is 9.05. The zero-order chi connectivity index (χ0) is 14.8. The van der Waals surface area contributed by atoms with E-state index in [-0.39, 0.29) is 6.10 Å². The van der Waals surface area contributed by atoms with Crippen molar-refractivity contribution in [3.8, 4) is 0 Å². The Morgan fingerprint density at radius 1 is 1.30 bits per heavy atom. The first kappa shape index (κ1) is 17.6. The van der Waals surface area contributed by atoms with Crippen molar-refractivity contribution in [2.75, 3.05) is 26.4 Å². The van der Waals surface area contributed by atoms with Crippen molar-refractivity contribution < 1.29 is 14.6 Å². The van der Waals surface area contributed by atoms with Gasteiger partial charge in [0.1, 0.15) is 0 Å². The second-order valence-corrected chi connectivity index (χ2v) is 6.27. The van der Waals surface area contributed by atoms with Crippen LogP contribution in [0.4, 0.5) is 0 Å². The average Bonchev–Trinajstić information content (AvgIpc) is 2.88. The Morgan fingerprint density at radius 3 is 2.75 bits per heavy atom. The fraction of sp³-hybridized carbons (Fsp3) is 0.733. The van der Waals surface area contributed by atoms with Crippen molar-refractivity contribution in [3.63, 3.8) is 0 Å². The molecule has 20 heavy (non-hydrogen) atoms. The summed E-state index contributed by atoms with van der Waals surface area (Å²) in [5, 5.41) is 15.2. The minimum absolute atomic E-state index is 0.225. The molecule has 4 nitrogen and oxygen atoms in total. The Morgan fingerprint density at radius 2 is 2.10 bits per heavy atom. The highest BCUT2D eigenvalue weighted by molar-refractivity contribution is 7.09. The molecule has 1 rings (SSSR count). The SMILES string of the molecule is CC(Cc1cccs1)NCC(O)COCCOC(C)C. The summed E-state index contributed by atoms with van der Waals surface area (Å²) in [6.45, 7) is 8.12. The van der Waals surface area contributed by atoms with Crippen molar-refractivity contribution in [2.45, 2.75) is 45.4 Å². The average molecular weight is 301 g/mol. The van der Waals surface area contributed by atoms with Crippen LogP contribution in [0.2, 0.25) is 0 Å². The minimum atomic E-state index is -0.472. The third-order valence-corrected chi connectivity index (χ3v) is 3.68. The summed E-state index contributed by atoms with van der Waals surface area (Å²) >= 11 is 1.77. The van der Waals surface area contributed by atoms with Gasteiger partial charge in [0.15, 0.2) is 0 Å². The van der Waals surface area contributed by atoms with Crippen molar-refractivity contribution in [1.29, 1.82) is 0 Å². The van der Waals surface area contributed by atoms with E-state index in [2.05, 4.69) is 29.8 Å². The van der Waals surface area contributed by atoms with Crippen LogP contribution in [0.25, 0.3) is 0 Å². The molecular weight excluding hydrogens is 274 g/mol. The molecule has 0 aromatic carbocycles. The maximum absolute atomic E-state index is 9.81. The number of hydrogen-bond donors (Lipinski definition) is 2. The van der Waals surface area contributed by atoms with Crippen molar-refractivity contribution in [1.82, 2.24) is 5.32 Å². The van der Waals surface area contributed by atoms with Gasteiger partial charge in [0.25, 0.3) is 0 Å². The van der Waals surface area contributed by atoms with Crippen LogP contribution in [0.15, 0.2) is 17.5 Å². The van der Waals surface area contributed by atoms with Crippen LogP contribution in [0.3, 0.4) is 0 Å². The molecule has 0 saturated heterocycles. The van der Waals surface area contributed by atoms with E-state index >= 15 is 0 Å². The Balaban J connectivity index is 2.00. The lowest BCUT2D eigenvalue weighted by atomic mass is 10.2. The van der Waals surface area contributed by atoms with Crippen LogP contribution in [0, 0.1) is 0 Å². The van der Waals surface area contributed by atoms with E-state index < -0.39 is 6.10 Å². The van der Waals surface area contributed by atoms with Crippen LogP contribution >= 0.6 is 11.3 Å². The van der Waals surface area contributed by atoms with Gasteiger partial charge in [0.05, 0.1) is 32.0 Å². The lowest BCUT2D eigenvalue weighted by molar-refractivity contribution is -0.0104. The first-order chi connectivity index (χ1) is 9.58. The van der Waals surface area contributed by atoms with E-state index in [1.165, 1.54) is 4.88 Å². The Bertz CT molecular complexity index is 330. The minimum Gasteiger partial charge on any atom is -0.389 e. The lowest BCUT2D eigenvalue weighted by Crippen LogP contribution is -2.37. The van der Waals surface area contributed by atoms with E-state index in [0.29, 0.717) is 32.4 Å². The molecule has 0 amide bonds. The molecule has 0 aliphatic rings. The van der Waals surface area contributed by atoms with Gasteiger partial charge in [-0.05, 0) is 38.6 Å². The third-order valence-electron chi connectivity index (χ3n) is 2.78. The number of nitrogens with one attached hydrogen (secondary N) is 1. The predicted octanol–water partition coefficient (Wildman–Crippen LogP) is 2.07. The fourth-order valence-corrected chi connectivity index (χ4v) is 2.60. The highest BCUT2D eigenvalue weighted by Gasteiger charge is 2.08. The van der Waals surface area contributed by atoms with Crippen LogP contribution < -0.4 is 5.32 Å². The molecule has 0 spiro atoms. The van der Waals surface area contributed by atoms with Gasteiger partial charge >= 0.3 is 0 Å². The Labute approximate surface area is 126 Å². The van der Waals surface area contributed by atoms with Gasteiger partial charge < -0.3 is 19.9 Å². The molecule has 0 bridgehead atoms. The molecular formula is C15H27NO3S. The second-order valence-electron chi connectivity index (χ2n) is 5.24. The van der Waals surface area contributed by atoms with Gasteiger partial charge in [-0.2, -0.15) is 0 Å². The highest BCUT2D eigenvalue weighted by atomic mass is 32.1. The normalized spacial score (nSPS) is 14.7. The zero-order valence-electron chi connectivity index (χ0n) is 12.7. The molecule has 0 fully saturated rings. The number of aliphatic hydroxyl groups excluding tert-OH is 1. The Hall–Kier alpha value is -0.460. The molecule has 2 N–H and O–H groups in total. The molecule has 1 aromatic heterocycles. The molecule has 5 heteroatoms. The molecule has 0 saturated carbocycles. The summed E-state index contributed by atoms with van der Waals surface area (Å²) in [6.07, 6.45) is 0.746. The molecule has 0 radical (unpaired) electrons. The van der Waals surface area contributed by atoms with Crippen LogP contribution in [-0.4, -0.2) is 49.7 Å². The first-order valence-electron chi connectivity index (χ1n) is 7.21. The van der Waals surface area contributed by atoms with Gasteiger partial charge in [-0.25, -0.2) is 0 Å². The van der Waals surface area contributed by atoms with Crippen molar-refractivity contribution >= 4 is 11.3 Å². The second kappa shape index (κ2) is 10.3. The molecule has 116 valence electrons. The molecule has 1 heterocycles. The largest absolute Gasteiger partial charge is 0.389 e. The zero-order valence-corrected chi connectivity index (χ0v) is 13.5. The van der Waals surface area contributed by atoms with Crippen molar-refractivity contribution in [3.05, 3.63) is 22.4 Å². The summed E-state index contributed by atoms with van der Waals surface area (Å²) in [6, 6.07) is 4.55. The molecule has 2 atom stereocenters. The van der Waals surface area contributed by atoms with Crippen LogP contribution in [0.1, 0.15) is 25.6 Å². The summed E-state index contributed by atoms with van der Waals surface area (Å²) in [7, 11) is 0. The predicted molar refractivity (Wildman–Crippen MR) is 83.4 cm³/mol. The van der Waals surface area contributed by atoms with E-state index in [1.54, 1.807) is 11.3 Å². The van der Waals surface area contributed by atoms with Gasteiger partial charge in [0.2, 0.25) is 0 Å². The maximum Gasteiger partial charge on any atom is 0.0897 e. The van der Waals surface area contributed by atoms with E-state index in [4.69, 9.17) is 9.47 Å². The summed E-state index contributed by atoms with van der Waals surface area (Å²) in [5.74, 6) is 0. The van der Waals surface area contributed by atoms with Gasteiger partial charge in [-0.1, -0.05) is 6.07 Å². The molecule has 0 aliphatic carbocycles. The van der Waals surface area contributed by atoms with E-state index in [9.17, 15) is 5.11 Å². The number of rotatable bonds is 11. The monoisotopic (exact) mass is 301 g/mol. The first-order valence-corrected chi connectivity index (χ1v) is 8.09. The maximum atomic E-state index is 9.81. The number of ether oxygens (including phenoxy) is 2. The van der Waals surface area contributed by atoms with Crippen molar-refractivity contribution in [2.24, 2.45) is 0 Å². The lowest BCUT2D eigenvalue weighted by Gasteiger charge is -2.17. The summed E-state index contributed by atoms with van der Waals surface area (Å²) in [4.78, 5) is 1.36. The fourth-order valence-electron chi connectivity index (χ4n) is 1.76. The van der Waals surface area contributed by atoms with Gasteiger partial charge in [-0.3, -0.25) is 0 Å². The van der Waals surface area contributed by atoms with E-state index in [0.717, 1.165) is 6.42 Å². The molecule has 0 aliphatic heterocycles. The quantitative estimate of drug-likeness (QED) is 0.614. The third kappa shape index (κ3) is 8.66. The molecule has 2 unspecified atom stereocenters. The number of hydrogen-bond acceptors (Lipinski definition) is 5. The smallest absolute Gasteiger partial charge is 0.0897 e. The van der Waals surface area contributed by atoms with E-state index in [1.807, 2.05) is 13.8 Å². The van der Waals surface area contributed by atoms with Crippen LogP contribution in [0.5, 0.6) is 0 Å². The molecule has 1 aromatic rings. The van der Waals surface area contributed by atoms with Gasteiger partial charge in [-0.15, -0.1) is 11.3 Å². The number of aliphatic hydroxyl groups is 1. The topological polar surface area (TPSA) is 50.7 Å². The van der Waals surface area contributed by atoms with Crippen LogP contribution in [-0.2, 0) is 15.9 Å².